The van der Waals surface area contributed by atoms with E-state index in [1.165, 1.54) is 0 Å². The first-order valence-electron chi connectivity index (χ1n) is 9.24. The Labute approximate surface area is 161 Å². The molecular formula is C24H25NO2. The van der Waals surface area contributed by atoms with E-state index in [1.54, 1.807) is 7.11 Å². The summed E-state index contributed by atoms with van der Waals surface area (Å²) in [5.74, 6) is 0.983. The highest BCUT2D eigenvalue weighted by atomic mass is 16.5. The fourth-order valence-electron chi connectivity index (χ4n) is 3.15. The molecule has 0 saturated heterocycles. The van der Waals surface area contributed by atoms with Crippen LogP contribution in [0.5, 0.6) is 5.75 Å². The Kier molecular flexibility index (Phi) is 6.64. The topological polar surface area (TPSA) is 29.5 Å². The van der Waals surface area contributed by atoms with Crippen molar-refractivity contribution in [3.05, 3.63) is 102 Å². The highest BCUT2D eigenvalue weighted by Crippen LogP contribution is 2.20. The number of nitrogens with zero attached hydrogens (tertiary/aromatic N) is 1. The molecule has 0 bridgehead atoms. The van der Waals surface area contributed by atoms with E-state index in [1.807, 2.05) is 65.6 Å². The van der Waals surface area contributed by atoms with Gasteiger partial charge in [0.15, 0.2) is 0 Å². The van der Waals surface area contributed by atoms with Crippen LogP contribution in [-0.2, 0) is 24.3 Å². The zero-order chi connectivity index (χ0) is 18.9. The molecule has 0 aliphatic rings. The van der Waals surface area contributed by atoms with E-state index in [4.69, 9.17) is 4.74 Å². The van der Waals surface area contributed by atoms with E-state index in [9.17, 15) is 4.79 Å². The molecule has 3 rings (SSSR count). The standard InChI is InChI=1S/C24H25NO2/c1-27-23-15-9-8-14-22(23)16-17-24(26)25(18-20-10-4-2-5-11-20)19-21-12-6-3-7-13-21/h2-15H,16-19H2,1H3. The molecule has 27 heavy (non-hydrogen) atoms. The Morgan fingerprint density at radius 3 is 1.85 bits per heavy atom. The SMILES string of the molecule is COc1ccccc1CCC(=O)N(Cc1ccccc1)Cc1ccccc1. The van der Waals surface area contributed by atoms with Crippen LogP contribution in [0.4, 0.5) is 0 Å². The first-order valence-corrected chi connectivity index (χ1v) is 9.24. The number of carbonyl (C=O) groups is 1. The van der Waals surface area contributed by atoms with E-state index in [0.29, 0.717) is 25.9 Å². The Bertz CT molecular complexity index is 805. The molecule has 3 nitrogen and oxygen atoms in total. The Hall–Kier alpha value is -3.07. The van der Waals surface area contributed by atoms with Crippen molar-refractivity contribution in [2.75, 3.05) is 7.11 Å². The quantitative estimate of drug-likeness (QED) is 0.575. The van der Waals surface area contributed by atoms with Gasteiger partial charge in [-0.25, -0.2) is 0 Å². The van der Waals surface area contributed by atoms with Crippen molar-refractivity contribution in [3.8, 4) is 5.75 Å². The van der Waals surface area contributed by atoms with Crippen molar-refractivity contribution in [2.45, 2.75) is 25.9 Å². The van der Waals surface area contributed by atoms with E-state index >= 15 is 0 Å². The maximum Gasteiger partial charge on any atom is 0.223 e. The summed E-state index contributed by atoms with van der Waals surface area (Å²) in [5.41, 5.74) is 3.34. The van der Waals surface area contributed by atoms with Crippen molar-refractivity contribution in [1.29, 1.82) is 0 Å². The number of amides is 1. The molecule has 0 aromatic heterocycles. The Balaban J connectivity index is 1.71. The lowest BCUT2D eigenvalue weighted by atomic mass is 10.1. The third-order valence-electron chi connectivity index (χ3n) is 4.59. The van der Waals surface area contributed by atoms with Crippen molar-refractivity contribution in [3.63, 3.8) is 0 Å². The van der Waals surface area contributed by atoms with E-state index in [2.05, 4.69) is 24.3 Å². The van der Waals surface area contributed by atoms with Gasteiger partial charge < -0.3 is 9.64 Å². The summed E-state index contributed by atoms with van der Waals surface area (Å²) in [5, 5.41) is 0. The maximum absolute atomic E-state index is 13.0. The van der Waals surface area contributed by atoms with Crippen molar-refractivity contribution in [2.24, 2.45) is 0 Å². The molecule has 0 N–H and O–H groups in total. The van der Waals surface area contributed by atoms with Gasteiger partial charge in [0.25, 0.3) is 0 Å². The van der Waals surface area contributed by atoms with Crippen LogP contribution in [0.2, 0.25) is 0 Å². The number of benzene rings is 3. The number of aryl methyl sites for hydroxylation is 1. The molecule has 0 radical (unpaired) electrons. The van der Waals surface area contributed by atoms with Crippen molar-refractivity contribution >= 4 is 5.91 Å². The summed E-state index contributed by atoms with van der Waals surface area (Å²) in [7, 11) is 1.66. The van der Waals surface area contributed by atoms with Gasteiger partial charge in [0, 0.05) is 19.5 Å². The lowest BCUT2D eigenvalue weighted by Crippen LogP contribution is -2.30. The zero-order valence-electron chi connectivity index (χ0n) is 15.7. The highest BCUT2D eigenvalue weighted by molar-refractivity contribution is 5.76. The third-order valence-corrected chi connectivity index (χ3v) is 4.59. The third kappa shape index (κ3) is 5.45. The normalized spacial score (nSPS) is 10.4. The second-order valence-electron chi connectivity index (χ2n) is 6.53. The summed E-state index contributed by atoms with van der Waals surface area (Å²) < 4.78 is 5.40. The number of carbonyl (C=O) groups excluding carboxylic acids is 1. The minimum Gasteiger partial charge on any atom is -0.496 e. The monoisotopic (exact) mass is 359 g/mol. The summed E-state index contributed by atoms with van der Waals surface area (Å²) in [6, 6.07) is 28.2. The molecule has 0 unspecified atom stereocenters. The van der Waals surface area contributed by atoms with Crippen LogP contribution >= 0.6 is 0 Å². The van der Waals surface area contributed by atoms with E-state index in [-0.39, 0.29) is 5.91 Å². The fraction of sp³-hybridized carbons (Fsp3) is 0.208. The second kappa shape index (κ2) is 9.58. The minimum atomic E-state index is 0.147. The molecule has 3 heteroatoms. The van der Waals surface area contributed by atoms with Crippen molar-refractivity contribution in [1.82, 2.24) is 4.90 Å². The molecule has 0 atom stereocenters. The first-order chi connectivity index (χ1) is 13.3. The number of hydrogen-bond donors (Lipinski definition) is 0. The van der Waals surface area contributed by atoms with E-state index < -0.39 is 0 Å². The van der Waals surface area contributed by atoms with E-state index in [0.717, 1.165) is 22.4 Å². The molecule has 1 amide bonds. The van der Waals surface area contributed by atoms with Gasteiger partial charge in [0.1, 0.15) is 5.75 Å². The van der Waals surface area contributed by atoms with Gasteiger partial charge in [-0.1, -0.05) is 78.9 Å². The van der Waals surface area contributed by atoms with Gasteiger partial charge in [-0.2, -0.15) is 0 Å². The minimum absolute atomic E-state index is 0.147. The molecule has 0 aliphatic carbocycles. The lowest BCUT2D eigenvalue weighted by Gasteiger charge is -2.23. The number of methoxy groups -OCH3 is 1. The predicted molar refractivity (Wildman–Crippen MR) is 108 cm³/mol. The molecule has 0 aliphatic heterocycles. The predicted octanol–water partition coefficient (Wildman–Crippen LogP) is 4.86. The Morgan fingerprint density at radius 1 is 0.778 bits per heavy atom. The van der Waals surface area contributed by atoms with Gasteiger partial charge in [0.2, 0.25) is 5.91 Å². The summed E-state index contributed by atoms with van der Waals surface area (Å²) in [6.45, 7) is 1.22. The van der Waals surface area contributed by atoms with Gasteiger partial charge in [-0.05, 0) is 29.2 Å². The van der Waals surface area contributed by atoms with Crippen molar-refractivity contribution < 1.29 is 9.53 Å². The summed E-state index contributed by atoms with van der Waals surface area (Å²) >= 11 is 0. The molecule has 138 valence electrons. The number of rotatable bonds is 8. The van der Waals surface area contributed by atoms with Crippen LogP contribution < -0.4 is 4.74 Å². The average Bonchev–Trinajstić information content (AvgIpc) is 2.73. The average molecular weight is 359 g/mol. The van der Waals surface area contributed by atoms with Crippen LogP contribution in [0.3, 0.4) is 0 Å². The summed E-state index contributed by atoms with van der Waals surface area (Å²) in [6.07, 6.45) is 1.13. The zero-order valence-corrected chi connectivity index (χ0v) is 15.7. The van der Waals surface area contributed by atoms with Gasteiger partial charge >= 0.3 is 0 Å². The fourth-order valence-corrected chi connectivity index (χ4v) is 3.15. The van der Waals surface area contributed by atoms with Gasteiger partial charge in [-0.15, -0.1) is 0 Å². The molecular weight excluding hydrogens is 334 g/mol. The molecule has 3 aromatic carbocycles. The van der Waals surface area contributed by atoms with Gasteiger partial charge in [0.05, 0.1) is 7.11 Å². The smallest absolute Gasteiger partial charge is 0.223 e. The number of ether oxygens (including phenoxy) is 1. The molecule has 0 saturated carbocycles. The molecule has 0 fully saturated rings. The van der Waals surface area contributed by atoms with Crippen LogP contribution in [0, 0.1) is 0 Å². The largest absolute Gasteiger partial charge is 0.496 e. The number of para-hydroxylation sites is 1. The molecule has 0 spiro atoms. The van der Waals surface area contributed by atoms with Crippen LogP contribution in [0.25, 0.3) is 0 Å². The molecule has 0 heterocycles. The molecule has 3 aromatic rings. The van der Waals surface area contributed by atoms with Gasteiger partial charge in [-0.3, -0.25) is 4.79 Å². The highest BCUT2D eigenvalue weighted by Gasteiger charge is 2.15. The summed E-state index contributed by atoms with van der Waals surface area (Å²) in [4.78, 5) is 14.9. The van der Waals surface area contributed by atoms with Crippen LogP contribution in [0.1, 0.15) is 23.1 Å². The number of hydrogen-bond acceptors (Lipinski definition) is 2. The van der Waals surface area contributed by atoms with Crippen LogP contribution in [-0.4, -0.2) is 17.9 Å². The van der Waals surface area contributed by atoms with Crippen LogP contribution in [0.15, 0.2) is 84.9 Å². The Morgan fingerprint density at radius 2 is 1.30 bits per heavy atom. The lowest BCUT2D eigenvalue weighted by molar-refractivity contribution is -0.132. The maximum atomic E-state index is 13.0. The second-order valence-corrected chi connectivity index (χ2v) is 6.53. The first kappa shape index (κ1) is 18.7.